The summed E-state index contributed by atoms with van der Waals surface area (Å²) in [5.41, 5.74) is 0.528. The van der Waals surface area contributed by atoms with Crippen molar-refractivity contribution >= 4 is 62.3 Å². The number of anilines is 1. The summed E-state index contributed by atoms with van der Waals surface area (Å²) in [5, 5.41) is 3.64. The third-order valence-electron chi connectivity index (χ3n) is 6.72. The molecule has 1 N–H and O–H groups in total. The van der Waals surface area contributed by atoms with Crippen LogP contribution in [0.2, 0.25) is 15.1 Å². The lowest BCUT2D eigenvalue weighted by molar-refractivity contribution is -0.140. The van der Waals surface area contributed by atoms with Gasteiger partial charge < -0.3 is 24.4 Å². The Balaban J connectivity index is 2.19. The van der Waals surface area contributed by atoms with Crippen LogP contribution in [-0.4, -0.2) is 65.6 Å². The molecule has 0 aliphatic rings. The number of benzene rings is 3. The molecule has 10 nitrogen and oxygen atoms in total. The highest BCUT2D eigenvalue weighted by molar-refractivity contribution is 7.92. The number of hydrogen-bond donors (Lipinski definition) is 1. The Kier molecular flexibility index (Phi) is 12.4. The lowest BCUT2D eigenvalue weighted by Gasteiger charge is -2.33. The molecular formula is C30H34Cl3N3O7S. The minimum Gasteiger partial charge on any atom is -0.495 e. The van der Waals surface area contributed by atoms with Gasteiger partial charge in [-0.15, -0.1) is 0 Å². The summed E-state index contributed by atoms with van der Waals surface area (Å²) in [5.74, 6) is -0.454. The second-order valence-corrected chi connectivity index (χ2v) is 12.6. The van der Waals surface area contributed by atoms with Gasteiger partial charge in [0.2, 0.25) is 11.8 Å². The number of rotatable bonds is 14. The van der Waals surface area contributed by atoms with E-state index in [2.05, 4.69) is 5.32 Å². The molecule has 0 spiro atoms. The average Bonchev–Trinajstić information content (AvgIpc) is 3.00. The normalized spacial score (nSPS) is 11.8. The van der Waals surface area contributed by atoms with E-state index in [1.807, 2.05) is 0 Å². The molecule has 3 rings (SSSR count). The van der Waals surface area contributed by atoms with E-state index in [1.54, 1.807) is 26.0 Å². The zero-order chi connectivity index (χ0) is 32.6. The monoisotopic (exact) mass is 685 g/mol. The molecule has 3 aromatic carbocycles. The van der Waals surface area contributed by atoms with Crippen molar-refractivity contribution < 1.29 is 32.2 Å². The van der Waals surface area contributed by atoms with Gasteiger partial charge in [-0.05, 0) is 61.4 Å². The van der Waals surface area contributed by atoms with Crippen LogP contribution in [0.15, 0.2) is 59.5 Å². The van der Waals surface area contributed by atoms with E-state index in [0.717, 1.165) is 4.31 Å². The van der Waals surface area contributed by atoms with Crippen molar-refractivity contribution in [3.8, 4) is 17.2 Å². The maximum absolute atomic E-state index is 14.3. The predicted molar refractivity (Wildman–Crippen MR) is 172 cm³/mol. The van der Waals surface area contributed by atoms with Gasteiger partial charge >= 0.3 is 0 Å². The van der Waals surface area contributed by atoms with Gasteiger partial charge in [-0.2, -0.15) is 0 Å². The quantitative estimate of drug-likeness (QED) is 0.228. The highest BCUT2D eigenvalue weighted by Gasteiger charge is 2.35. The fraction of sp³-hybridized carbons (Fsp3) is 0.333. The number of carbonyl (C=O) groups excluding carboxylic acids is 2. The first-order chi connectivity index (χ1) is 20.9. The van der Waals surface area contributed by atoms with Gasteiger partial charge in [0.25, 0.3) is 10.0 Å². The van der Waals surface area contributed by atoms with Crippen molar-refractivity contribution in [1.82, 2.24) is 10.2 Å². The SMILES string of the molecule is CCNC(=O)C(CC)N(Cc1ccc(Cl)cc1Cl)C(=O)CN(c1cc(Cl)ccc1OC)S(=O)(=O)c1ccc(OC)c(OC)c1. The minimum absolute atomic E-state index is 0.0127. The molecule has 0 heterocycles. The molecule has 1 unspecified atom stereocenters. The van der Waals surface area contributed by atoms with Crippen molar-refractivity contribution in [2.45, 2.75) is 37.8 Å². The van der Waals surface area contributed by atoms with E-state index in [4.69, 9.17) is 49.0 Å². The van der Waals surface area contributed by atoms with Crippen LogP contribution >= 0.6 is 34.8 Å². The zero-order valence-corrected chi connectivity index (χ0v) is 28.0. The van der Waals surface area contributed by atoms with Crippen LogP contribution in [0.5, 0.6) is 17.2 Å². The topological polar surface area (TPSA) is 114 Å². The maximum Gasteiger partial charge on any atom is 0.265 e. The molecule has 0 aliphatic carbocycles. The fourth-order valence-corrected chi connectivity index (χ4v) is 6.59. The molecule has 14 heteroatoms. The van der Waals surface area contributed by atoms with Crippen LogP contribution < -0.4 is 23.8 Å². The van der Waals surface area contributed by atoms with Crippen molar-refractivity contribution in [2.24, 2.45) is 0 Å². The number of amides is 2. The van der Waals surface area contributed by atoms with Crippen LogP contribution in [-0.2, 0) is 26.2 Å². The highest BCUT2D eigenvalue weighted by atomic mass is 35.5. The second-order valence-electron chi connectivity index (χ2n) is 9.42. The van der Waals surface area contributed by atoms with Crippen LogP contribution in [0.1, 0.15) is 25.8 Å². The Morgan fingerprint density at radius 1 is 0.841 bits per heavy atom. The number of halogens is 3. The average molecular weight is 687 g/mol. The maximum atomic E-state index is 14.3. The van der Waals surface area contributed by atoms with E-state index in [0.29, 0.717) is 22.9 Å². The molecule has 0 saturated heterocycles. The van der Waals surface area contributed by atoms with Gasteiger partial charge in [-0.3, -0.25) is 13.9 Å². The van der Waals surface area contributed by atoms with Crippen LogP contribution in [0.25, 0.3) is 0 Å². The molecule has 3 aromatic rings. The van der Waals surface area contributed by atoms with Crippen molar-refractivity contribution in [2.75, 3.05) is 38.7 Å². The third-order valence-corrected chi connectivity index (χ3v) is 9.30. The van der Waals surface area contributed by atoms with Gasteiger partial charge in [0, 0.05) is 34.2 Å². The first-order valence-electron chi connectivity index (χ1n) is 13.5. The van der Waals surface area contributed by atoms with Gasteiger partial charge in [0.1, 0.15) is 18.3 Å². The van der Waals surface area contributed by atoms with Crippen molar-refractivity contribution in [1.29, 1.82) is 0 Å². The second kappa shape index (κ2) is 15.6. The highest BCUT2D eigenvalue weighted by Crippen LogP contribution is 2.37. The minimum atomic E-state index is -4.47. The Morgan fingerprint density at radius 2 is 1.45 bits per heavy atom. The Hall–Kier alpha value is -3.38. The van der Waals surface area contributed by atoms with Crippen LogP contribution in [0.3, 0.4) is 0 Å². The molecule has 44 heavy (non-hydrogen) atoms. The predicted octanol–water partition coefficient (Wildman–Crippen LogP) is 5.81. The summed E-state index contributed by atoms with van der Waals surface area (Å²) in [6.45, 7) is 3.03. The number of nitrogens with one attached hydrogen (secondary N) is 1. The van der Waals surface area contributed by atoms with E-state index in [1.165, 1.54) is 68.7 Å². The van der Waals surface area contributed by atoms with E-state index < -0.39 is 34.4 Å². The van der Waals surface area contributed by atoms with Gasteiger partial charge in [0.15, 0.2) is 11.5 Å². The van der Waals surface area contributed by atoms with E-state index in [-0.39, 0.29) is 45.1 Å². The molecule has 0 fully saturated rings. The van der Waals surface area contributed by atoms with Crippen LogP contribution in [0, 0.1) is 0 Å². The number of ether oxygens (including phenoxy) is 3. The molecule has 0 bridgehead atoms. The summed E-state index contributed by atoms with van der Waals surface area (Å²) in [6.07, 6.45) is 0.242. The number of hydrogen-bond acceptors (Lipinski definition) is 7. The van der Waals surface area contributed by atoms with Crippen molar-refractivity contribution in [3.05, 3.63) is 75.2 Å². The van der Waals surface area contributed by atoms with E-state index in [9.17, 15) is 18.0 Å². The lowest BCUT2D eigenvalue weighted by Crippen LogP contribution is -2.52. The number of sulfonamides is 1. The van der Waals surface area contributed by atoms with Crippen LogP contribution in [0.4, 0.5) is 5.69 Å². The summed E-state index contributed by atoms with van der Waals surface area (Å²) in [7, 11) is -0.302. The summed E-state index contributed by atoms with van der Waals surface area (Å²) >= 11 is 18.8. The van der Waals surface area contributed by atoms with Gasteiger partial charge in [-0.1, -0.05) is 47.8 Å². The molecule has 0 radical (unpaired) electrons. The van der Waals surface area contributed by atoms with Crippen molar-refractivity contribution in [3.63, 3.8) is 0 Å². The summed E-state index contributed by atoms with van der Waals surface area (Å²) < 4.78 is 45.6. The zero-order valence-electron chi connectivity index (χ0n) is 24.9. The summed E-state index contributed by atoms with van der Waals surface area (Å²) in [4.78, 5) is 28.5. The largest absolute Gasteiger partial charge is 0.495 e. The Morgan fingerprint density at radius 3 is 2.05 bits per heavy atom. The number of likely N-dealkylation sites (N-methyl/N-ethyl adjacent to an activating group) is 1. The number of nitrogens with zero attached hydrogens (tertiary/aromatic N) is 2. The first-order valence-corrected chi connectivity index (χ1v) is 16.1. The molecule has 0 aromatic heterocycles. The Labute approximate surface area is 272 Å². The van der Waals surface area contributed by atoms with Gasteiger partial charge in [-0.25, -0.2) is 8.42 Å². The molecule has 2 amide bonds. The molecule has 0 aliphatic heterocycles. The number of methoxy groups -OCH3 is 3. The summed E-state index contributed by atoms with van der Waals surface area (Å²) in [6, 6.07) is 12.3. The molecule has 1 atom stereocenters. The fourth-order valence-electron chi connectivity index (χ4n) is 4.52. The molecule has 238 valence electrons. The standard InChI is InChI=1S/C30H34Cl3N3O7S/c1-6-24(30(38)34-7-2)35(17-19-8-9-20(31)14-23(19)33)29(37)18-36(25-15-21(32)10-12-26(25)41-3)44(39,40)22-11-13-27(42-4)28(16-22)43-5/h8-16,24H,6-7,17-18H2,1-5H3,(H,34,38). The third kappa shape index (κ3) is 8.01. The smallest absolute Gasteiger partial charge is 0.265 e. The van der Waals surface area contributed by atoms with Gasteiger partial charge in [0.05, 0.1) is 31.9 Å². The Bertz CT molecular complexity index is 1600. The number of carbonyl (C=O) groups is 2. The molecular weight excluding hydrogens is 653 g/mol. The lowest BCUT2D eigenvalue weighted by atomic mass is 10.1. The first kappa shape index (κ1) is 35.1. The molecule has 0 saturated carbocycles. The van der Waals surface area contributed by atoms with E-state index >= 15 is 0 Å².